The van der Waals surface area contributed by atoms with Crippen LogP contribution in [0.25, 0.3) is 22.9 Å². The van der Waals surface area contributed by atoms with E-state index in [0.29, 0.717) is 35.7 Å². The summed E-state index contributed by atoms with van der Waals surface area (Å²) in [7, 11) is 1.60. The van der Waals surface area contributed by atoms with Crippen LogP contribution >= 0.6 is 0 Å². The smallest absolute Gasteiger partial charge is 0.248 e. The molecule has 0 saturated heterocycles. The number of amides is 1. The summed E-state index contributed by atoms with van der Waals surface area (Å²) in [5.74, 6) is 1.86. The zero-order chi connectivity index (χ0) is 26.4. The molecule has 2 aromatic heterocycles. The van der Waals surface area contributed by atoms with Crippen LogP contribution in [0, 0.1) is 6.92 Å². The Kier molecular flexibility index (Phi) is 8.73. The molecule has 198 valence electrons. The molecule has 37 heavy (non-hydrogen) atoms. The molecule has 1 aliphatic carbocycles. The maximum Gasteiger partial charge on any atom is 0.248 e. The Morgan fingerprint density at radius 3 is 2.51 bits per heavy atom. The molecule has 1 aromatic carbocycles. The molecule has 10 nitrogen and oxygen atoms in total. The number of nitrogens with one attached hydrogen (secondary N) is 1. The molecule has 3 N–H and O–H groups in total. The molecule has 1 saturated carbocycles. The minimum Gasteiger partial charge on any atom is -0.490 e. The minimum atomic E-state index is -0.913. The van der Waals surface area contributed by atoms with Gasteiger partial charge in [-0.05, 0) is 55.5 Å². The van der Waals surface area contributed by atoms with Gasteiger partial charge in [-0.15, -0.1) is 10.2 Å². The van der Waals surface area contributed by atoms with E-state index in [2.05, 4.69) is 20.5 Å². The highest BCUT2D eigenvalue weighted by molar-refractivity contribution is 5.76. The molecule has 1 atom stereocenters. The summed E-state index contributed by atoms with van der Waals surface area (Å²) < 4.78 is 17.4. The Morgan fingerprint density at radius 2 is 1.86 bits per heavy atom. The lowest BCUT2D eigenvalue weighted by Crippen LogP contribution is -2.36. The molecule has 1 fully saturated rings. The Labute approximate surface area is 216 Å². The summed E-state index contributed by atoms with van der Waals surface area (Å²) in [5.41, 5.74) is 4.33. The van der Waals surface area contributed by atoms with Gasteiger partial charge < -0.3 is 29.4 Å². The van der Waals surface area contributed by atoms with Gasteiger partial charge in [0.1, 0.15) is 25.1 Å². The molecule has 0 bridgehead atoms. The second-order valence-electron chi connectivity index (χ2n) is 9.28. The van der Waals surface area contributed by atoms with E-state index in [1.807, 2.05) is 38.1 Å². The molecular weight excluding hydrogens is 476 g/mol. The number of rotatable bonds is 11. The number of benzene rings is 1. The van der Waals surface area contributed by atoms with E-state index in [1.54, 1.807) is 7.11 Å². The summed E-state index contributed by atoms with van der Waals surface area (Å²) in [6.45, 7) is 3.29. The van der Waals surface area contributed by atoms with Crippen molar-refractivity contribution in [3.63, 3.8) is 0 Å². The summed E-state index contributed by atoms with van der Waals surface area (Å²) in [6.07, 6.45) is 4.44. The van der Waals surface area contributed by atoms with E-state index >= 15 is 0 Å². The van der Waals surface area contributed by atoms with E-state index in [0.717, 1.165) is 40.8 Å². The van der Waals surface area contributed by atoms with Crippen LogP contribution < -0.4 is 14.8 Å². The fourth-order valence-corrected chi connectivity index (χ4v) is 4.61. The summed E-state index contributed by atoms with van der Waals surface area (Å²) in [4.78, 5) is 15.8. The van der Waals surface area contributed by atoms with Gasteiger partial charge in [0.15, 0.2) is 0 Å². The van der Waals surface area contributed by atoms with Gasteiger partial charge in [0.25, 0.3) is 0 Å². The van der Waals surface area contributed by atoms with E-state index in [4.69, 9.17) is 19.0 Å². The van der Waals surface area contributed by atoms with Crippen molar-refractivity contribution in [2.75, 3.05) is 26.9 Å². The second kappa shape index (κ2) is 12.2. The fraction of sp³-hybridized carbons (Fsp3) is 0.481. The summed E-state index contributed by atoms with van der Waals surface area (Å²) >= 11 is 0. The Morgan fingerprint density at radius 1 is 1.16 bits per heavy atom. The average molecular weight is 511 g/mol. The number of hydrogen-bond acceptors (Lipinski definition) is 9. The molecule has 2 heterocycles. The van der Waals surface area contributed by atoms with Crippen LogP contribution in [0.3, 0.4) is 0 Å². The molecule has 3 aromatic rings. The standard InChI is InChI=1S/C27H34N4O6/c1-4-17-10-19(9-16(2)25(17)36-15-21(33)13-28-23(34)14-32)26-30-31-27(37-26)20-11-22(18-7-5-6-8-18)29-24(12-20)35-3/h9-12,18,21,32-33H,4-8,13-15H2,1-3H3,(H,28,34)/t21-/m0/s1. The number of methoxy groups -OCH3 is 1. The largest absolute Gasteiger partial charge is 0.490 e. The number of aromatic nitrogens is 3. The third-order valence-corrected chi connectivity index (χ3v) is 6.55. The van der Waals surface area contributed by atoms with E-state index < -0.39 is 18.6 Å². The van der Waals surface area contributed by atoms with Crippen molar-refractivity contribution < 1.29 is 28.9 Å². The van der Waals surface area contributed by atoms with Gasteiger partial charge in [-0.25, -0.2) is 4.98 Å². The minimum absolute atomic E-state index is 0.00317. The zero-order valence-corrected chi connectivity index (χ0v) is 21.5. The Bertz CT molecular complexity index is 1220. The number of aryl methyl sites for hydroxylation is 2. The van der Waals surface area contributed by atoms with Gasteiger partial charge in [-0.2, -0.15) is 0 Å². The molecule has 0 radical (unpaired) electrons. The lowest BCUT2D eigenvalue weighted by atomic mass is 10.0. The van der Waals surface area contributed by atoms with Crippen LogP contribution in [0.1, 0.15) is 55.3 Å². The third-order valence-electron chi connectivity index (χ3n) is 6.55. The summed E-state index contributed by atoms with van der Waals surface area (Å²) in [5, 5.41) is 29.9. The molecule has 0 unspecified atom stereocenters. The maximum absolute atomic E-state index is 11.2. The van der Waals surface area contributed by atoms with Gasteiger partial charge in [0, 0.05) is 35.3 Å². The zero-order valence-electron chi connectivity index (χ0n) is 21.5. The number of nitrogens with zero attached hydrogens (tertiary/aromatic N) is 3. The van der Waals surface area contributed by atoms with Crippen LogP contribution in [-0.4, -0.2) is 64.3 Å². The average Bonchev–Trinajstić information content (AvgIpc) is 3.63. The number of carbonyl (C=O) groups excluding carboxylic acids is 1. The van der Waals surface area contributed by atoms with Crippen molar-refractivity contribution in [1.29, 1.82) is 0 Å². The predicted molar refractivity (Wildman–Crippen MR) is 136 cm³/mol. The molecular formula is C27H34N4O6. The van der Waals surface area contributed by atoms with Crippen molar-refractivity contribution in [2.24, 2.45) is 0 Å². The van der Waals surface area contributed by atoms with Crippen LogP contribution in [0.15, 0.2) is 28.7 Å². The van der Waals surface area contributed by atoms with Crippen molar-refractivity contribution in [3.8, 4) is 34.5 Å². The highest BCUT2D eigenvalue weighted by Gasteiger charge is 2.22. The number of aliphatic hydroxyl groups excluding tert-OH is 2. The van der Waals surface area contributed by atoms with E-state index in [9.17, 15) is 9.90 Å². The normalized spacial score (nSPS) is 14.5. The van der Waals surface area contributed by atoms with Crippen molar-refractivity contribution in [3.05, 3.63) is 41.1 Å². The topological polar surface area (TPSA) is 140 Å². The molecule has 4 rings (SSSR count). The van der Waals surface area contributed by atoms with Crippen LogP contribution in [0.4, 0.5) is 0 Å². The van der Waals surface area contributed by atoms with Gasteiger partial charge >= 0.3 is 0 Å². The first-order valence-electron chi connectivity index (χ1n) is 12.6. The molecule has 1 amide bonds. The Hall–Kier alpha value is -3.50. The predicted octanol–water partition coefficient (Wildman–Crippen LogP) is 3.18. The number of carbonyl (C=O) groups is 1. The van der Waals surface area contributed by atoms with Gasteiger partial charge in [-0.3, -0.25) is 4.79 Å². The van der Waals surface area contributed by atoms with Gasteiger partial charge in [0.05, 0.1) is 7.11 Å². The maximum atomic E-state index is 11.2. The van der Waals surface area contributed by atoms with Crippen molar-refractivity contribution in [2.45, 2.75) is 58.0 Å². The fourth-order valence-electron chi connectivity index (χ4n) is 4.61. The monoisotopic (exact) mass is 510 g/mol. The van der Waals surface area contributed by atoms with Crippen molar-refractivity contribution >= 4 is 5.91 Å². The number of ether oxygens (including phenoxy) is 2. The van der Waals surface area contributed by atoms with Crippen LogP contribution in [-0.2, 0) is 11.2 Å². The first-order valence-corrected chi connectivity index (χ1v) is 12.6. The van der Waals surface area contributed by atoms with Crippen molar-refractivity contribution in [1.82, 2.24) is 20.5 Å². The molecule has 0 aliphatic heterocycles. The van der Waals surface area contributed by atoms with Gasteiger partial charge in [0.2, 0.25) is 23.6 Å². The van der Waals surface area contributed by atoms with E-state index in [1.165, 1.54) is 12.8 Å². The first kappa shape index (κ1) is 26.6. The Balaban J connectivity index is 1.53. The highest BCUT2D eigenvalue weighted by atomic mass is 16.5. The number of hydrogen-bond donors (Lipinski definition) is 3. The lowest BCUT2D eigenvalue weighted by molar-refractivity contribution is -0.124. The van der Waals surface area contributed by atoms with Gasteiger partial charge in [-0.1, -0.05) is 19.8 Å². The summed E-state index contributed by atoms with van der Waals surface area (Å²) in [6, 6.07) is 7.67. The van der Waals surface area contributed by atoms with E-state index in [-0.39, 0.29) is 13.2 Å². The van der Waals surface area contributed by atoms with Crippen LogP contribution in [0.5, 0.6) is 11.6 Å². The first-order chi connectivity index (χ1) is 17.9. The lowest BCUT2D eigenvalue weighted by Gasteiger charge is -2.17. The number of pyridine rings is 1. The quantitative estimate of drug-likeness (QED) is 0.355. The highest BCUT2D eigenvalue weighted by Crippen LogP contribution is 2.37. The third kappa shape index (κ3) is 6.44. The number of aliphatic hydroxyl groups is 2. The van der Waals surface area contributed by atoms with Crippen LogP contribution in [0.2, 0.25) is 0 Å². The SMILES string of the molecule is CCc1cc(-c2nnc(-c3cc(OC)nc(C4CCCC4)c3)o2)cc(C)c1OC[C@@H](O)CNC(=O)CO. The molecule has 0 spiro atoms. The molecule has 1 aliphatic rings. The molecule has 10 heteroatoms. The second-order valence-corrected chi connectivity index (χ2v) is 9.28.